The summed E-state index contributed by atoms with van der Waals surface area (Å²) < 4.78 is 5.98. The van der Waals surface area contributed by atoms with Gasteiger partial charge < -0.3 is 4.74 Å². The summed E-state index contributed by atoms with van der Waals surface area (Å²) in [6, 6.07) is 0.253. The number of ketones is 1. The molecule has 2 aliphatic carbocycles. The lowest BCUT2D eigenvalue weighted by atomic mass is 9.90. The molecular weight excluding hydrogens is 272 g/mol. The summed E-state index contributed by atoms with van der Waals surface area (Å²) in [4.78, 5) is 21.9. The second kappa shape index (κ2) is 4.66. The zero-order chi connectivity index (χ0) is 13.5. The molecule has 0 saturated heterocycles. The Morgan fingerprint density at radius 3 is 3.00 bits per heavy atom. The van der Waals surface area contributed by atoms with Crippen molar-refractivity contribution < 1.29 is 9.53 Å². The van der Waals surface area contributed by atoms with Crippen LogP contribution in [0.25, 0.3) is 5.57 Å². The highest BCUT2D eigenvalue weighted by molar-refractivity contribution is 7.11. The molecule has 0 N–H and O–H groups in total. The molecule has 1 fully saturated rings. The number of hydrogen-bond acceptors (Lipinski definition) is 5. The van der Waals surface area contributed by atoms with Gasteiger partial charge in [-0.05, 0) is 25.3 Å². The van der Waals surface area contributed by atoms with Crippen LogP contribution in [0.15, 0.2) is 34.6 Å². The molecule has 0 amide bonds. The smallest absolute Gasteiger partial charge is 0.191 e. The number of aliphatic imine (C=N–C) groups is 1. The summed E-state index contributed by atoms with van der Waals surface area (Å²) in [5.74, 6) is 0.629. The normalized spacial score (nSPS) is 28.6. The largest absolute Gasteiger partial charge is 0.486 e. The number of nitrogens with zero attached hydrogens (tertiary/aromatic N) is 2. The maximum absolute atomic E-state index is 12.2. The van der Waals surface area contributed by atoms with Gasteiger partial charge in [-0.1, -0.05) is 6.42 Å². The number of rotatable bonds is 1. The van der Waals surface area contributed by atoms with Gasteiger partial charge in [0, 0.05) is 17.8 Å². The first-order chi connectivity index (χ1) is 9.81. The van der Waals surface area contributed by atoms with Gasteiger partial charge in [-0.25, -0.2) is 0 Å². The lowest BCUT2D eigenvalue weighted by Gasteiger charge is -2.35. The van der Waals surface area contributed by atoms with Crippen molar-refractivity contribution in [3.63, 3.8) is 0 Å². The molecule has 2 heterocycles. The number of aromatic nitrogens is 1. The number of ether oxygens (including phenoxy) is 1. The fourth-order valence-corrected chi connectivity index (χ4v) is 3.63. The molecule has 1 aromatic heterocycles. The molecule has 0 aromatic carbocycles. The molecule has 0 spiro atoms. The van der Waals surface area contributed by atoms with E-state index in [2.05, 4.69) is 4.98 Å². The monoisotopic (exact) mass is 286 g/mol. The van der Waals surface area contributed by atoms with Gasteiger partial charge in [0.25, 0.3) is 0 Å². The number of fused-ring (bicyclic) bond motifs is 2. The van der Waals surface area contributed by atoms with Crippen LogP contribution in [0.2, 0.25) is 0 Å². The molecule has 2 atom stereocenters. The average Bonchev–Trinajstić information content (AvgIpc) is 2.98. The number of thiazole rings is 1. The second-order valence-corrected chi connectivity index (χ2v) is 6.21. The van der Waals surface area contributed by atoms with Crippen LogP contribution in [0.5, 0.6) is 0 Å². The fraction of sp³-hybridized carbons (Fsp3) is 0.400. The third-order valence-corrected chi connectivity index (χ3v) is 4.82. The van der Waals surface area contributed by atoms with Crippen LogP contribution in [-0.2, 0) is 9.53 Å². The first kappa shape index (κ1) is 12.0. The predicted octanol–water partition coefficient (Wildman–Crippen LogP) is 2.78. The first-order valence-corrected chi connectivity index (χ1v) is 7.80. The van der Waals surface area contributed by atoms with Crippen LogP contribution in [0, 0.1) is 0 Å². The average molecular weight is 286 g/mol. The van der Waals surface area contributed by atoms with Gasteiger partial charge in [-0.2, -0.15) is 0 Å². The molecule has 5 heteroatoms. The van der Waals surface area contributed by atoms with E-state index in [1.54, 1.807) is 17.8 Å². The quantitative estimate of drug-likeness (QED) is 0.746. The SMILES string of the molecule is O=C1C=C2O[C@@H]3CCCC[C@H]3N=C2C=C1c1cncs1. The maximum atomic E-state index is 12.2. The molecule has 1 aromatic rings. The molecule has 4 nitrogen and oxygen atoms in total. The summed E-state index contributed by atoms with van der Waals surface area (Å²) in [5, 5.41) is 0. The molecule has 0 unspecified atom stereocenters. The molecule has 4 rings (SSSR count). The highest BCUT2D eigenvalue weighted by atomic mass is 32.1. The summed E-state index contributed by atoms with van der Waals surface area (Å²) in [7, 11) is 0. The Morgan fingerprint density at radius 1 is 1.25 bits per heavy atom. The third kappa shape index (κ3) is 1.93. The number of allylic oxidation sites excluding steroid dienone is 3. The van der Waals surface area contributed by atoms with Gasteiger partial charge in [0.1, 0.15) is 17.6 Å². The minimum absolute atomic E-state index is 0.0162. The standard InChI is InChI=1S/C15H14N2O2S/c18-12-6-14-11(5-9(12)15-7-16-8-20-15)17-10-3-1-2-4-13(10)19-14/h5-8,10,13H,1-4H2/t10-,13-/m1/s1. The van der Waals surface area contributed by atoms with Crippen molar-refractivity contribution in [2.24, 2.45) is 4.99 Å². The maximum Gasteiger partial charge on any atom is 0.191 e. The van der Waals surface area contributed by atoms with Crippen LogP contribution >= 0.6 is 11.3 Å². The summed E-state index contributed by atoms with van der Waals surface area (Å²) in [6.45, 7) is 0. The fourth-order valence-electron chi connectivity index (χ4n) is 2.99. The van der Waals surface area contributed by atoms with E-state index < -0.39 is 0 Å². The van der Waals surface area contributed by atoms with E-state index in [9.17, 15) is 4.79 Å². The van der Waals surface area contributed by atoms with Crippen LogP contribution in [0.4, 0.5) is 0 Å². The Kier molecular flexibility index (Phi) is 2.80. The van der Waals surface area contributed by atoms with E-state index in [-0.39, 0.29) is 17.9 Å². The number of hydrogen-bond donors (Lipinski definition) is 0. The molecule has 0 bridgehead atoms. The van der Waals surface area contributed by atoms with Crippen LogP contribution in [-0.4, -0.2) is 28.6 Å². The van der Waals surface area contributed by atoms with Crippen molar-refractivity contribution in [2.45, 2.75) is 37.8 Å². The second-order valence-electron chi connectivity index (χ2n) is 5.32. The summed E-state index contributed by atoms with van der Waals surface area (Å²) in [5.41, 5.74) is 3.22. The highest BCUT2D eigenvalue weighted by Gasteiger charge is 2.34. The molecule has 0 radical (unpaired) electrons. The molecular formula is C15H14N2O2S. The zero-order valence-electron chi connectivity index (χ0n) is 10.9. The summed E-state index contributed by atoms with van der Waals surface area (Å²) in [6.07, 6.45) is 9.84. The zero-order valence-corrected chi connectivity index (χ0v) is 11.7. The molecule has 3 aliphatic rings. The Balaban J connectivity index is 1.73. The van der Waals surface area contributed by atoms with Gasteiger partial charge >= 0.3 is 0 Å². The van der Waals surface area contributed by atoms with Crippen molar-refractivity contribution >= 4 is 28.4 Å². The first-order valence-electron chi connectivity index (χ1n) is 6.93. The minimum Gasteiger partial charge on any atom is -0.486 e. The van der Waals surface area contributed by atoms with Crippen molar-refractivity contribution in [2.75, 3.05) is 0 Å². The van der Waals surface area contributed by atoms with Gasteiger partial charge in [0.2, 0.25) is 0 Å². The van der Waals surface area contributed by atoms with E-state index in [0.717, 1.165) is 23.4 Å². The van der Waals surface area contributed by atoms with Gasteiger partial charge in [-0.3, -0.25) is 14.8 Å². The highest BCUT2D eigenvalue weighted by Crippen LogP contribution is 2.33. The van der Waals surface area contributed by atoms with Crippen molar-refractivity contribution in [1.29, 1.82) is 0 Å². The van der Waals surface area contributed by atoms with Crippen molar-refractivity contribution in [3.8, 4) is 0 Å². The predicted molar refractivity (Wildman–Crippen MR) is 77.7 cm³/mol. The van der Waals surface area contributed by atoms with E-state index >= 15 is 0 Å². The third-order valence-electron chi connectivity index (χ3n) is 4.01. The Morgan fingerprint density at radius 2 is 2.15 bits per heavy atom. The van der Waals surface area contributed by atoms with Gasteiger partial charge in [0.05, 0.1) is 16.4 Å². The molecule has 20 heavy (non-hydrogen) atoms. The minimum atomic E-state index is -0.0162. The topological polar surface area (TPSA) is 51.5 Å². The number of carbonyl (C=O) groups excluding carboxylic acids is 1. The van der Waals surface area contributed by atoms with Crippen LogP contribution in [0.3, 0.4) is 0 Å². The molecule has 102 valence electrons. The van der Waals surface area contributed by atoms with E-state index in [1.165, 1.54) is 24.2 Å². The van der Waals surface area contributed by atoms with Crippen LogP contribution in [0.1, 0.15) is 30.6 Å². The van der Waals surface area contributed by atoms with Crippen molar-refractivity contribution in [1.82, 2.24) is 4.98 Å². The molecule has 1 aliphatic heterocycles. The number of carbonyl (C=O) groups is 1. The van der Waals surface area contributed by atoms with Crippen molar-refractivity contribution in [3.05, 3.63) is 34.5 Å². The Labute approximate surface area is 120 Å². The Bertz CT molecular complexity index is 643. The van der Waals surface area contributed by atoms with E-state index in [4.69, 9.17) is 9.73 Å². The van der Waals surface area contributed by atoms with Crippen LogP contribution < -0.4 is 0 Å². The van der Waals surface area contributed by atoms with Gasteiger partial charge in [-0.15, -0.1) is 11.3 Å². The summed E-state index contributed by atoms with van der Waals surface area (Å²) >= 11 is 1.47. The van der Waals surface area contributed by atoms with Gasteiger partial charge in [0.15, 0.2) is 5.78 Å². The molecule has 1 saturated carbocycles. The van der Waals surface area contributed by atoms with E-state index in [1.807, 2.05) is 6.08 Å². The van der Waals surface area contributed by atoms with E-state index in [0.29, 0.717) is 11.3 Å². The lowest BCUT2D eigenvalue weighted by Crippen LogP contribution is -2.37. The lowest BCUT2D eigenvalue weighted by molar-refractivity contribution is -0.109. The Hall–Kier alpha value is -1.75.